The van der Waals surface area contributed by atoms with Crippen molar-refractivity contribution < 1.29 is 27.7 Å². The second-order valence-corrected chi connectivity index (χ2v) is 6.91. The molecule has 1 unspecified atom stereocenters. The van der Waals surface area contributed by atoms with Crippen LogP contribution in [-0.4, -0.2) is 39.6 Å². The van der Waals surface area contributed by atoms with E-state index in [1.54, 1.807) is 13.2 Å². The molecule has 2 aromatic rings. The van der Waals surface area contributed by atoms with E-state index in [1.165, 1.54) is 6.07 Å². The van der Waals surface area contributed by atoms with Crippen LogP contribution in [-0.2, 0) is 6.54 Å². The molecule has 1 aliphatic heterocycles. The van der Waals surface area contributed by atoms with Crippen LogP contribution in [0.5, 0.6) is 23.0 Å². The van der Waals surface area contributed by atoms with Crippen LogP contribution in [0.2, 0.25) is 0 Å². The van der Waals surface area contributed by atoms with E-state index >= 15 is 0 Å². The predicted molar refractivity (Wildman–Crippen MR) is 113 cm³/mol. The number of hydrogen-bond acceptors (Lipinski definition) is 5. The molecular formula is C22H27F2N3O4. The Balaban J connectivity index is 1.72. The zero-order valence-corrected chi connectivity index (χ0v) is 17.8. The van der Waals surface area contributed by atoms with Gasteiger partial charge in [0.1, 0.15) is 11.5 Å². The molecule has 1 atom stereocenters. The molecule has 3 rings (SSSR count). The van der Waals surface area contributed by atoms with Crippen molar-refractivity contribution in [2.45, 2.75) is 32.9 Å². The fourth-order valence-corrected chi connectivity index (χ4v) is 3.23. The molecule has 0 aliphatic carbocycles. The number of nitrogens with zero attached hydrogens (tertiary/aromatic N) is 1. The van der Waals surface area contributed by atoms with E-state index in [0.29, 0.717) is 36.1 Å². The maximum atomic E-state index is 12.8. The summed E-state index contributed by atoms with van der Waals surface area (Å²) >= 11 is 0. The summed E-state index contributed by atoms with van der Waals surface area (Å²) in [6.45, 7) is 2.51. The SMILES string of the molecule is CCNC(=NCc1cc2c(cc1OC(F)F)OCO2)NCC(C)c1ccccc1OC. The summed E-state index contributed by atoms with van der Waals surface area (Å²) in [5.74, 6) is 2.41. The van der Waals surface area contributed by atoms with Crippen LogP contribution < -0.4 is 29.6 Å². The molecule has 31 heavy (non-hydrogen) atoms. The third kappa shape index (κ3) is 5.90. The highest BCUT2D eigenvalue weighted by Crippen LogP contribution is 2.39. The fourth-order valence-electron chi connectivity index (χ4n) is 3.23. The van der Waals surface area contributed by atoms with Crippen molar-refractivity contribution >= 4 is 5.96 Å². The molecule has 1 aliphatic rings. The zero-order chi connectivity index (χ0) is 22.2. The van der Waals surface area contributed by atoms with E-state index in [-0.39, 0.29) is 25.0 Å². The Bertz CT molecular complexity index is 908. The highest BCUT2D eigenvalue weighted by Gasteiger charge is 2.20. The molecule has 168 valence electrons. The lowest BCUT2D eigenvalue weighted by Crippen LogP contribution is -2.39. The number of halogens is 2. The first-order valence-corrected chi connectivity index (χ1v) is 10.0. The fraction of sp³-hybridized carbons (Fsp3) is 0.409. The largest absolute Gasteiger partial charge is 0.496 e. The lowest BCUT2D eigenvalue weighted by Gasteiger charge is -2.18. The number of ether oxygens (including phenoxy) is 4. The number of benzene rings is 2. The number of hydrogen-bond donors (Lipinski definition) is 2. The third-order valence-electron chi connectivity index (χ3n) is 4.77. The van der Waals surface area contributed by atoms with E-state index in [0.717, 1.165) is 11.3 Å². The minimum absolute atomic E-state index is 0.0150. The lowest BCUT2D eigenvalue weighted by atomic mass is 10.0. The first-order chi connectivity index (χ1) is 15.0. The average molecular weight is 435 g/mol. The van der Waals surface area contributed by atoms with Gasteiger partial charge in [-0.05, 0) is 24.6 Å². The van der Waals surface area contributed by atoms with Gasteiger partial charge in [0.2, 0.25) is 6.79 Å². The van der Waals surface area contributed by atoms with Crippen LogP contribution in [0, 0.1) is 0 Å². The predicted octanol–water partition coefficient (Wildman–Crippen LogP) is 3.88. The maximum Gasteiger partial charge on any atom is 0.387 e. The summed E-state index contributed by atoms with van der Waals surface area (Å²) in [7, 11) is 1.65. The molecule has 0 spiro atoms. The van der Waals surface area contributed by atoms with Gasteiger partial charge in [-0.25, -0.2) is 4.99 Å². The summed E-state index contributed by atoms with van der Waals surface area (Å²) in [6.07, 6.45) is 0. The molecule has 0 saturated carbocycles. The van der Waals surface area contributed by atoms with Gasteiger partial charge in [0.15, 0.2) is 17.5 Å². The molecule has 0 aromatic heterocycles. The summed E-state index contributed by atoms with van der Waals surface area (Å²) in [4.78, 5) is 4.53. The van der Waals surface area contributed by atoms with Crippen LogP contribution in [0.25, 0.3) is 0 Å². The molecule has 0 amide bonds. The minimum Gasteiger partial charge on any atom is -0.496 e. The number of rotatable bonds is 9. The Labute approximate surface area is 180 Å². The van der Waals surface area contributed by atoms with Crippen molar-refractivity contribution in [2.75, 3.05) is 27.0 Å². The lowest BCUT2D eigenvalue weighted by molar-refractivity contribution is -0.0505. The summed E-state index contributed by atoms with van der Waals surface area (Å²) < 4.78 is 46.4. The summed E-state index contributed by atoms with van der Waals surface area (Å²) in [5.41, 5.74) is 1.55. The van der Waals surface area contributed by atoms with Crippen molar-refractivity contribution in [3.63, 3.8) is 0 Å². The number of nitrogens with one attached hydrogen (secondary N) is 2. The average Bonchev–Trinajstić information content (AvgIpc) is 3.22. The molecule has 1 heterocycles. The van der Waals surface area contributed by atoms with E-state index < -0.39 is 6.61 Å². The number of guanidine groups is 1. The van der Waals surface area contributed by atoms with Crippen molar-refractivity contribution in [3.05, 3.63) is 47.5 Å². The smallest absolute Gasteiger partial charge is 0.387 e. The standard InChI is InChI=1S/C22H27F2N3O4/c1-4-25-22(26-11-14(2)16-7-5-6-8-17(16)28-3)27-12-15-9-19-20(30-13-29-19)10-18(15)31-21(23)24/h5-10,14,21H,4,11-13H2,1-3H3,(H2,25,26,27). The minimum atomic E-state index is -2.95. The summed E-state index contributed by atoms with van der Waals surface area (Å²) in [6, 6.07) is 10.9. The van der Waals surface area contributed by atoms with E-state index in [2.05, 4.69) is 27.3 Å². The quantitative estimate of drug-likeness (QED) is 0.460. The maximum absolute atomic E-state index is 12.8. The molecule has 0 bridgehead atoms. The third-order valence-corrected chi connectivity index (χ3v) is 4.77. The van der Waals surface area contributed by atoms with Gasteiger partial charge in [0, 0.05) is 30.6 Å². The molecule has 0 radical (unpaired) electrons. The Morgan fingerprint density at radius 1 is 1.13 bits per heavy atom. The molecule has 2 N–H and O–H groups in total. The molecule has 7 nitrogen and oxygen atoms in total. The molecule has 9 heteroatoms. The highest BCUT2D eigenvalue weighted by molar-refractivity contribution is 5.79. The first kappa shape index (κ1) is 22.5. The Morgan fingerprint density at radius 2 is 1.87 bits per heavy atom. The van der Waals surface area contributed by atoms with E-state index in [9.17, 15) is 8.78 Å². The number of aliphatic imine (C=N–C) groups is 1. The Morgan fingerprint density at radius 3 is 2.58 bits per heavy atom. The second-order valence-electron chi connectivity index (χ2n) is 6.91. The van der Waals surface area contributed by atoms with Gasteiger partial charge in [-0.2, -0.15) is 8.78 Å². The zero-order valence-electron chi connectivity index (χ0n) is 17.8. The second kappa shape index (κ2) is 10.7. The van der Waals surface area contributed by atoms with Gasteiger partial charge in [-0.3, -0.25) is 0 Å². The van der Waals surface area contributed by atoms with E-state index in [4.69, 9.17) is 14.2 Å². The number of fused-ring (bicyclic) bond motifs is 1. The summed E-state index contributed by atoms with van der Waals surface area (Å²) in [5, 5.41) is 6.46. The van der Waals surface area contributed by atoms with E-state index in [1.807, 2.05) is 31.2 Å². The Hall–Kier alpha value is -3.23. The van der Waals surface area contributed by atoms with Crippen molar-refractivity contribution in [2.24, 2.45) is 4.99 Å². The van der Waals surface area contributed by atoms with Crippen LogP contribution in [0.4, 0.5) is 8.78 Å². The van der Waals surface area contributed by atoms with Gasteiger partial charge in [0.05, 0.1) is 13.7 Å². The Kier molecular flexibility index (Phi) is 7.75. The monoisotopic (exact) mass is 435 g/mol. The first-order valence-electron chi connectivity index (χ1n) is 10.0. The van der Waals surface area contributed by atoms with Crippen molar-refractivity contribution in [3.8, 4) is 23.0 Å². The molecule has 2 aromatic carbocycles. The van der Waals surface area contributed by atoms with Gasteiger partial charge < -0.3 is 29.6 Å². The van der Waals surface area contributed by atoms with Crippen LogP contribution >= 0.6 is 0 Å². The van der Waals surface area contributed by atoms with Crippen molar-refractivity contribution in [1.82, 2.24) is 10.6 Å². The normalized spacial score (nSPS) is 13.8. The van der Waals surface area contributed by atoms with Crippen LogP contribution in [0.15, 0.2) is 41.4 Å². The van der Waals surface area contributed by atoms with Crippen LogP contribution in [0.3, 0.4) is 0 Å². The van der Waals surface area contributed by atoms with Crippen LogP contribution in [0.1, 0.15) is 30.9 Å². The number of methoxy groups -OCH3 is 1. The van der Waals surface area contributed by atoms with Gasteiger partial charge in [-0.1, -0.05) is 25.1 Å². The topological polar surface area (TPSA) is 73.3 Å². The van der Waals surface area contributed by atoms with Gasteiger partial charge >= 0.3 is 6.61 Å². The number of alkyl halides is 2. The van der Waals surface area contributed by atoms with Gasteiger partial charge in [0.25, 0.3) is 0 Å². The molecule has 0 saturated heterocycles. The number of para-hydroxylation sites is 1. The highest BCUT2D eigenvalue weighted by atomic mass is 19.3. The molecule has 0 fully saturated rings. The molecular weight excluding hydrogens is 408 g/mol. The van der Waals surface area contributed by atoms with Crippen molar-refractivity contribution in [1.29, 1.82) is 0 Å². The van der Waals surface area contributed by atoms with Gasteiger partial charge in [-0.15, -0.1) is 0 Å².